The van der Waals surface area contributed by atoms with Gasteiger partial charge in [-0.1, -0.05) is 64.0 Å². The van der Waals surface area contributed by atoms with Crippen molar-refractivity contribution in [1.29, 1.82) is 0 Å². The van der Waals surface area contributed by atoms with Crippen molar-refractivity contribution in [3.8, 4) is 0 Å². The monoisotopic (exact) mass is 372 g/mol. The highest BCUT2D eigenvalue weighted by Gasteiger charge is 2.37. The number of hydrogen-bond acceptors (Lipinski definition) is 5. The lowest BCUT2D eigenvalue weighted by molar-refractivity contribution is -0.199. The first-order valence-electron chi connectivity index (χ1n) is 10.5. The molecule has 0 aliphatic carbocycles. The average Bonchev–Trinajstić information content (AvgIpc) is 2.64. The maximum absolute atomic E-state index is 9.80. The van der Waals surface area contributed by atoms with Gasteiger partial charge in [-0.25, -0.2) is 0 Å². The van der Waals surface area contributed by atoms with Crippen molar-refractivity contribution >= 4 is 0 Å². The van der Waals surface area contributed by atoms with E-state index in [2.05, 4.69) is 19.1 Å². The molecule has 5 nitrogen and oxygen atoms in total. The van der Waals surface area contributed by atoms with E-state index in [0.717, 1.165) is 19.3 Å². The molecule has 1 saturated heterocycles. The quantitative estimate of drug-likeness (QED) is 0.303. The molecular weight excluding hydrogens is 332 g/mol. The normalized spacial score (nSPS) is 26.6. The molecule has 0 amide bonds. The van der Waals surface area contributed by atoms with Gasteiger partial charge in [0.2, 0.25) is 0 Å². The van der Waals surface area contributed by atoms with E-state index in [0.29, 0.717) is 6.61 Å². The number of allylic oxidation sites excluding steroid dienone is 2. The molecular formula is C21H40O5. The van der Waals surface area contributed by atoms with Crippen LogP contribution in [0.15, 0.2) is 12.2 Å². The van der Waals surface area contributed by atoms with E-state index in [9.17, 15) is 15.3 Å². The number of aliphatic hydroxyl groups is 3. The summed E-state index contributed by atoms with van der Waals surface area (Å²) in [6.07, 6.45) is 14.6. The van der Waals surface area contributed by atoms with Crippen molar-refractivity contribution in [2.45, 2.75) is 102 Å². The highest BCUT2D eigenvalue weighted by Crippen LogP contribution is 2.16. The molecule has 0 aromatic heterocycles. The van der Waals surface area contributed by atoms with Crippen molar-refractivity contribution in [3.05, 3.63) is 12.2 Å². The maximum atomic E-state index is 9.80. The van der Waals surface area contributed by atoms with E-state index in [1.165, 1.54) is 51.4 Å². The predicted octanol–water partition coefficient (Wildman–Crippen LogP) is 3.35. The van der Waals surface area contributed by atoms with Gasteiger partial charge in [0.15, 0.2) is 0 Å². The van der Waals surface area contributed by atoms with Crippen molar-refractivity contribution in [2.24, 2.45) is 0 Å². The molecule has 0 aromatic carbocycles. The van der Waals surface area contributed by atoms with Crippen LogP contribution in [0.3, 0.4) is 0 Å². The summed E-state index contributed by atoms with van der Waals surface area (Å²) in [5.41, 5.74) is 0. The smallest absolute Gasteiger partial charge is 0.111 e. The zero-order chi connectivity index (χ0) is 19.0. The molecule has 0 bridgehead atoms. The van der Waals surface area contributed by atoms with Crippen LogP contribution in [0, 0.1) is 0 Å². The molecule has 1 aliphatic rings. The lowest BCUT2D eigenvalue weighted by atomic mass is 10.0. The lowest BCUT2D eigenvalue weighted by Crippen LogP contribution is -2.54. The number of ether oxygens (including phenoxy) is 2. The maximum Gasteiger partial charge on any atom is 0.111 e. The molecule has 1 aliphatic heterocycles. The van der Waals surface area contributed by atoms with E-state index in [-0.39, 0.29) is 13.2 Å². The SMILES string of the molecule is CC/C=C/CCCCCCCCCCCOC[C@H]1OC[C@H](O)[C@@H](O)[C@@H]1O. The Kier molecular flexibility index (Phi) is 14.1. The molecule has 1 fully saturated rings. The molecule has 0 aromatic rings. The van der Waals surface area contributed by atoms with E-state index in [1.807, 2.05) is 0 Å². The second-order valence-electron chi connectivity index (χ2n) is 7.35. The molecule has 4 atom stereocenters. The molecule has 0 spiro atoms. The molecule has 154 valence electrons. The second kappa shape index (κ2) is 15.6. The van der Waals surface area contributed by atoms with Crippen LogP contribution < -0.4 is 0 Å². The number of hydrogen-bond donors (Lipinski definition) is 3. The lowest BCUT2D eigenvalue weighted by Gasteiger charge is -2.35. The average molecular weight is 373 g/mol. The minimum absolute atomic E-state index is 0.0433. The Balaban J connectivity index is 1.82. The van der Waals surface area contributed by atoms with Gasteiger partial charge < -0.3 is 24.8 Å². The zero-order valence-electron chi connectivity index (χ0n) is 16.5. The van der Waals surface area contributed by atoms with Crippen LogP contribution in [-0.4, -0.2) is 59.6 Å². The molecule has 26 heavy (non-hydrogen) atoms. The molecule has 5 heteroatoms. The Labute approximate surface area is 159 Å². The fraction of sp³-hybridized carbons (Fsp3) is 0.905. The first kappa shape index (κ1) is 23.6. The molecule has 3 N–H and O–H groups in total. The van der Waals surface area contributed by atoms with E-state index in [1.54, 1.807) is 0 Å². The van der Waals surface area contributed by atoms with E-state index >= 15 is 0 Å². The Morgan fingerprint density at radius 1 is 0.846 bits per heavy atom. The van der Waals surface area contributed by atoms with Gasteiger partial charge in [0.05, 0.1) is 13.2 Å². The molecule has 0 unspecified atom stereocenters. The number of aliphatic hydroxyl groups excluding tert-OH is 3. The summed E-state index contributed by atoms with van der Waals surface area (Å²) in [6.45, 7) is 3.13. The fourth-order valence-corrected chi connectivity index (χ4v) is 3.20. The Morgan fingerprint density at radius 3 is 2.12 bits per heavy atom. The third kappa shape index (κ3) is 10.6. The van der Waals surface area contributed by atoms with Crippen molar-refractivity contribution in [3.63, 3.8) is 0 Å². The van der Waals surface area contributed by atoms with Crippen molar-refractivity contribution in [1.82, 2.24) is 0 Å². The van der Waals surface area contributed by atoms with Crippen molar-refractivity contribution < 1.29 is 24.8 Å². The summed E-state index contributed by atoms with van der Waals surface area (Å²) in [6, 6.07) is 0. The van der Waals surface area contributed by atoms with Gasteiger partial charge in [0.1, 0.15) is 24.4 Å². The van der Waals surface area contributed by atoms with Crippen LogP contribution in [0.25, 0.3) is 0 Å². The van der Waals surface area contributed by atoms with Crippen molar-refractivity contribution in [2.75, 3.05) is 19.8 Å². The van der Waals surface area contributed by atoms with E-state index < -0.39 is 24.4 Å². The standard InChI is InChI=1S/C21H40O5/c1-2-3-4-5-6-7-8-9-10-11-12-13-14-15-25-17-19-21(24)20(23)18(22)16-26-19/h3-4,18-24H,2,5-17H2,1H3/b4-3+/t18-,19+,20+,21+/m0/s1. The summed E-state index contributed by atoms with van der Waals surface area (Å²) in [5.74, 6) is 0. The van der Waals surface area contributed by atoms with Crippen LogP contribution in [0.1, 0.15) is 77.6 Å². The van der Waals surface area contributed by atoms with Gasteiger partial charge in [-0.05, 0) is 25.7 Å². The predicted molar refractivity (Wildman–Crippen MR) is 104 cm³/mol. The molecule has 0 saturated carbocycles. The third-order valence-electron chi connectivity index (χ3n) is 4.95. The largest absolute Gasteiger partial charge is 0.388 e. The van der Waals surface area contributed by atoms with Crippen LogP contribution in [-0.2, 0) is 9.47 Å². The Morgan fingerprint density at radius 2 is 1.46 bits per heavy atom. The first-order chi connectivity index (χ1) is 12.7. The third-order valence-corrected chi connectivity index (χ3v) is 4.95. The second-order valence-corrected chi connectivity index (χ2v) is 7.35. The first-order valence-corrected chi connectivity index (χ1v) is 10.5. The van der Waals surface area contributed by atoms with Gasteiger partial charge in [-0.2, -0.15) is 0 Å². The highest BCUT2D eigenvalue weighted by atomic mass is 16.6. The van der Waals surface area contributed by atoms with Crippen LogP contribution in [0.2, 0.25) is 0 Å². The minimum Gasteiger partial charge on any atom is -0.388 e. The minimum atomic E-state index is -1.15. The molecule has 0 radical (unpaired) electrons. The summed E-state index contributed by atoms with van der Waals surface area (Å²) in [7, 11) is 0. The summed E-state index contributed by atoms with van der Waals surface area (Å²) < 4.78 is 10.8. The van der Waals surface area contributed by atoms with Gasteiger partial charge in [-0.15, -0.1) is 0 Å². The molecule has 1 rings (SSSR count). The highest BCUT2D eigenvalue weighted by molar-refractivity contribution is 4.86. The van der Waals surface area contributed by atoms with Gasteiger partial charge >= 0.3 is 0 Å². The van der Waals surface area contributed by atoms with Crippen LogP contribution in [0.5, 0.6) is 0 Å². The topological polar surface area (TPSA) is 79.2 Å². The van der Waals surface area contributed by atoms with Gasteiger partial charge in [0, 0.05) is 6.61 Å². The van der Waals surface area contributed by atoms with Crippen LogP contribution in [0.4, 0.5) is 0 Å². The van der Waals surface area contributed by atoms with E-state index in [4.69, 9.17) is 9.47 Å². The van der Waals surface area contributed by atoms with Gasteiger partial charge in [0.25, 0.3) is 0 Å². The zero-order valence-corrected chi connectivity index (χ0v) is 16.5. The molecule has 1 heterocycles. The summed E-state index contributed by atoms with van der Waals surface area (Å²) in [4.78, 5) is 0. The number of rotatable bonds is 15. The number of unbranched alkanes of at least 4 members (excludes halogenated alkanes) is 9. The van der Waals surface area contributed by atoms with Crippen LogP contribution >= 0.6 is 0 Å². The summed E-state index contributed by atoms with van der Waals surface area (Å²) >= 11 is 0. The summed E-state index contributed by atoms with van der Waals surface area (Å²) in [5, 5.41) is 28.8. The Hall–Kier alpha value is -0.460. The van der Waals surface area contributed by atoms with Gasteiger partial charge in [-0.3, -0.25) is 0 Å². The Bertz CT molecular complexity index is 347. The fourth-order valence-electron chi connectivity index (χ4n) is 3.20.